The molecule has 2 rings (SSSR count). The molecule has 2 amide bonds. The summed E-state index contributed by atoms with van der Waals surface area (Å²) in [5, 5.41) is 5.79. The molecule has 2 aromatic rings. The smallest absolute Gasteiger partial charge is 0.258 e. The Bertz CT molecular complexity index is 762. The monoisotopic (exact) mass is 360 g/mol. The maximum absolute atomic E-state index is 12.0. The molecular weight excluding hydrogens is 340 g/mol. The van der Waals surface area contributed by atoms with E-state index in [1.54, 1.807) is 24.3 Å². The van der Waals surface area contributed by atoms with Crippen molar-refractivity contribution in [3.05, 3.63) is 64.2 Å². The molecule has 0 bridgehead atoms. The van der Waals surface area contributed by atoms with E-state index in [1.165, 1.54) is 0 Å². The van der Waals surface area contributed by atoms with Crippen molar-refractivity contribution in [1.82, 2.24) is 10.6 Å². The number of hydrogen-bond donors (Lipinski definition) is 2. The maximum Gasteiger partial charge on any atom is 0.258 e. The molecule has 0 aliphatic carbocycles. The van der Waals surface area contributed by atoms with Crippen LogP contribution in [0.4, 0.5) is 0 Å². The van der Waals surface area contributed by atoms with Crippen LogP contribution in [0.1, 0.15) is 21.5 Å². The van der Waals surface area contributed by atoms with E-state index >= 15 is 0 Å². The summed E-state index contributed by atoms with van der Waals surface area (Å²) in [6.07, 6.45) is 0. The van der Waals surface area contributed by atoms with Gasteiger partial charge in [-0.25, -0.2) is 0 Å². The normalized spacial score (nSPS) is 10.2. The van der Waals surface area contributed by atoms with Crippen molar-refractivity contribution in [2.75, 3.05) is 19.7 Å². The van der Waals surface area contributed by atoms with E-state index in [0.29, 0.717) is 29.4 Å². The first-order valence-electron chi connectivity index (χ1n) is 7.97. The number of aryl methyl sites for hydroxylation is 2. The Kier molecular flexibility index (Phi) is 6.83. The summed E-state index contributed by atoms with van der Waals surface area (Å²) in [5.74, 6) is 0.172. The maximum atomic E-state index is 12.0. The van der Waals surface area contributed by atoms with Gasteiger partial charge in [0.1, 0.15) is 5.75 Å². The summed E-state index contributed by atoms with van der Waals surface area (Å²) >= 11 is 5.96. The highest BCUT2D eigenvalue weighted by Gasteiger charge is 2.09. The van der Waals surface area contributed by atoms with Crippen molar-refractivity contribution in [2.45, 2.75) is 13.8 Å². The predicted octanol–water partition coefficient (Wildman–Crippen LogP) is 2.88. The molecule has 132 valence electrons. The quantitative estimate of drug-likeness (QED) is 0.746. The number of rotatable bonds is 7. The van der Waals surface area contributed by atoms with Crippen molar-refractivity contribution < 1.29 is 14.3 Å². The molecule has 0 aromatic heterocycles. The zero-order chi connectivity index (χ0) is 18.2. The molecular formula is C19H21ClN2O3. The Hall–Kier alpha value is -2.53. The van der Waals surface area contributed by atoms with Gasteiger partial charge in [-0.3, -0.25) is 9.59 Å². The van der Waals surface area contributed by atoms with Crippen LogP contribution in [0, 0.1) is 13.8 Å². The van der Waals surface area contributed by atoms with E-state index in [-0.39, 0.29) is 18.4 Å². The third kappa shape index (κ3) is 5.80. The Balaban J connectivity index is 1.68. The summed E-state index contributed by atoms with van der Waals surface area (Å²) in [7, 11) is 0. The number of halogens is 1. The van der Waals surface area contributed by atoms with Gasteiger partial charge >= 0.3 is 0 Å². The van der Waals surface area contributed by atoms with Crippen LogP contribution >= 0.6 is 11.6 Å². The number of amides is 2. The average molecular weight is 361 g/mol. The summed E-state index contributed by atoms with van der Waals surface area (Å²) in [4.78, 5) is 23.7. The highest BCUT2D eigenvalue weighted by molar-refractivity contribution is 6.33. The second-order valence-corrected chi connectivity index (χ2v) is 6.05. The highest BCUT2D eigenvalue weighted by Crippen LogP contribution is 2.18. The van der Waals surface area contributed by atoms with Gasteiger partial charge in [0.05, 0.1) is 10.6 Å². The molecule has 0 fully saturated rings. The van der Waals surface area contributed by atoms with Crippen LogP contribution in [0.5, 0.6) is 5.75 Å². The molecule has 0 aliphatic heterocycles. The van der Waals surface area contributed by atoms with Crippen LogP contribution in [0.25, 0.3) is 0 Å². The second-order valence-electron chi connectivity index (χ2n) is 5.64. The molecule has 0 radical (unpaired) electrons. The average Bonchev–Trinajstić information content (AvgIpc) is 2.58. The lowest BCUT2D eigenvalue weighted by atomic mass is 10.1. The van der Waals surface area contributed by atoms with E-state index in [2.05, 4.69) is 10.6 Å². The molecule has 0 atom stereocenters. The molecule has 6 heteroatoms. The number of ether oxygens (including phenoxy) is 1. The Morgan fingerprint density at radius 1 is 1.04 bits per heavy atom. The molecule has 0 saturated heterocycles. The van der Waals surface area contributed by atoms with Gasteiger partial charge in [-0.2, -0.15) is 0 Å². The van der Waals surface area contributed by atoms with Gasteiger partial charge in [0, 0.05) is 13.1 Å². The summed E-state index contributed by atoms with van der Waals surface area (Å²) in [6, 6.07) is 12.6. The van der Waals surface area contributed by atoms with Crippen LogP contribution in [-0.4, -0.2) is 31.5 Å². The fourth-order valence-corrected chi connectivity index (χ4v) is 2.50. The van der Waals surface area contributed by atoms with Gasteiger partial charge in [-0.1, -0.05) is 41.4 Å². The number of benzene rings is 2. The Labute approximate surface area is 152 Å². The van der Waals surface area contributed by atoms with Crippen molar-refractivity contribution in [1.29, 1.82) is 0 Å². The van der Waals surface area contributed by atoms with Crippen LogP contribution in [0.3, 0.4) is 0 Å². The van der Waals surface area contributed by atoms with Gasteiger partial charge < -0.3 is 15.4 Å². The van der Waals surface area contributed by atoms with Gasteiger partial charge in [0.2, 0.25) is 0 Å². The summed E-state index contributed by atoms with van der Waals surface area (Å²) < 4.78 is 5.50. The van der Waals surface area contributed by atoms with E-state index in [0.717, 1.165) is 11.1 Å². The Morgan fingerprint density at radius 3 is 2.48 bits per heavy atom. The Morgan fingerprint density at radius 2 is 1.76 bits per heavy atom. The second kappa shape index (κ2) is 9.08. The molecule has 0 spiro atoms. The molecule has 2 aromatic carbocycles. The minimum atomic E-state index is -0.272. The van der Waals surface area contributed by atoms with Gasteiger partial charge in [-0.15, -0.1) is 0 Å². The zero-order valence-electron chi connectivity index (χ0n) is 14.3. The van der Waals surface area contributed by atoms with E-state index in [4.69, 9.17) is 16.3 Å². The zero-order valence-corrected chi connectivity index (χ0v) is 15.0. The number of carbonyl (C=O) groups excluding carboxylic acids is 2. The van der Waals surface area contributed by atoms with Crippen molar-refractivity contribution in [3.63, 3.8) is 0 Å². The van der Waals surface area contributed by atoms with Crippen LogP contribution in [0.15, 0.2) is 42.5 Å². The number of hydrogen-bond acceptors (Lipinski definition) is 3. The first-order chi connectivity index (χ1) is 12.0. The molecule has 25 heavy (non-hydrogen) atoms. The first-order valence-corrected chi connectivity index (χ1v) is 8.34. The minimum Gasteiger partial charge on any atom is -0.484 e. The van der Waals surface area contributed by atoms with E-state index < -0.39 is 0 Å². The van der Waals surface area contributed by atoms with Gasteiger partial charge in [-0.05, 0) is 37.6 Å². The van der Waals surface area contributed by atoms with E-state index in [9.17, 15) is 9.59 Å². The van der Waals surface area contributed by atoms with Gasteiger partial charge in [0.15, 0.2) is 6.61 Å². The van der Waals surface area contributed by atoms with Crippen LogP contribution in [-0.2, 0) is 4.79 Å². The lowest BCUT2D eigenvalue weighted by Crippen LogP contribution is -2.36. The van der Waals surface area contributed by atoms with Gasteiger partial charge in [0.25, 0.3) is 11.8 Å². The highest BCUT2D eigenvalue weighted by atomic mass is 35.5. The predicted molar refractivity (Wildman–Crippen MR) is 98.2 cm³/mol. The topological polar surface area (TPSA) is 67.4 Å². The summed E-state index contributed by atoms with van der Waals surface area (Å²) in [6.45, 7) is 4.48. The molecule has 2 N–H and O–H groups in total. The standard InChI is InChI=1S/C19H21ClN2O3/c1-13-7-8-17(14(2)11-13)25-12-18(23)21-9-10-22-19(24)15-5-3-4-6-16(15)20/h3-8,11H,9-10,12H2,1-2H3,(H,21,23)(H,22,24). The molecule has 5 nitrogen and oxygen atoms in total. The largest absolute Gasteiger partial charge is 0.484 e. The van der Waals surface area contributed by atoms with E-state index in [1.807, 2.05) is 32.0 Å². The molecule has 0 saturated carbocycles. The minimum absolute atomic E-state index is 0.0671. The summed E-state index contributed by atoms with van der Waals surface area (Å²) in [5.41, 5.74) is 2.54. The number of nitrogens with one attached hydrogen (secondary N) is 2. The van der Waals surface area contributed by atoms with Crippen molar-refractivity contribution in [3.8, 4) is 5.75 Å². The molecule has 0 unspecified atom stereocenters. The SMILES string of the molecule is Cc1ccc(OCC(=O)NCCNC(=O)c2ccccc2Cl)c(C)c1. The lowest BCUT2D eigenvalue weighted by Gasteiger charge is -2.11. The third-order valence-corrected chi connectivity index (χ3v) is 3.87. The molecule has 0 aliphatic rings. The van der Waals surface area contributed by atoms with Crippen LogP contribution < -0.4 is 15.4 Å². The number of carbonyl (C=O) groups is 2. The van der Waals surface area contributed by atoms with Crippen LogP contribution in [0.2, 0.25) is 5.02 Å². The molecule has 0 heterocycles. The fourth-order valence-electron chi connectivity index (χ4n) is 2.27. The first kappa shape index (κ1) is 18.8. The third-order valence-electron chi connectivity index (χ3n) is 3.54. The van der Waals surface area contributed by atoms with Crippen molar-refractivity contribution in [2.24, 2.45) is 0 Å². The fraction of sp³-hybridized carbons (Fsp3) is 0.263. The van der Waals surface area contributed by atoms with Crippen molar-refractivity contribution >= 4 is 23.4 Å². The lowest BCUT2D eigenvalue weighted by molar-refractivity contribution is -0.123.